The van der Waals surface area contributed by atoms with E-state index < -0.39 is 0 Å². The van der Waals surface area contributed by atoms with Gasteiger partial charge >= 0.3 is 0 Å². The van der Waals surface area contributed by atoms with Crippen LogP contribution in [0.15, 0.2) is 55.0 Å². The molecule has 4 rings (SSSR count). The standard InChI is InChI=1S/C22H23N7O2/c1-13(24-2)21-28-18(19-20(23)26-10-11-29(19)21)14-7-8-15(16(12-14)31-3)22(30)27-17-6-4-5-9-25-17/h4-13,24H,1-3H3,(H2,23,26)(H,25,27,30)/t13-/m0/s1. The van der Waals surface area contributed by atoms with Crippen LogP contribution in [0.25, 0.3) is 16.8 Å². The molecule has 1 aromatic carbocycles. The summed E-state index contributed by atoms with van der Waals surface area (Å²) in [6.07, 6.45) is 5.09. The molecule has 4 N–H and O–H groups in total. The third-order valence-electron chi connectivity index (χ3n) is 5.06. The molecule has 0 bridgehead atoms. The summed E-state index contributed by atoms with van der Waals surface area (Å²) in [6, 6.07) is 10.6. The Labute approximate surface area is 179 Å². The van der Waals surface area contributed by atoms with Crippen LogP contribution in [0, 0.1) is 0 Å². The quantitative estimate of drug-likeness (QED) is 0.441. The number of carbonyl (C=O) groups is 1. The Morgan fingerprint density at radius 2 is 2.03 bits per heavy atom. The average Bonchev–Trinajstić information content (AvgIpc) is 3.20. The molecule has 0 fully saturated rings. The summed E-state index contributed by atoms with van der Waals surface area (Å²) in [5, 5.41) is 5.97. The number of nitrogen functional groups attached to an aromatic ring is 1. The molecule has 4 aromatic rings. The highest BCUT2D eigenvalue weighted by Crippen LogP contribution is 2.33. The van der Waals surface area contributed by atoms with Crippen LogP contribution >= 0.6 is 0 Å². The van der Waals surface area contributed by atoms with Gasteiger partial charge < -0.3 is 21.1 Å². The van der Waals surface area contributed by atoms with E-state index in [1.54, 1.807) is 42.7 Å². The smallest absolute Gasteiger partial charge is 0.260 e. The van der Waals surface area contributed by atoms with Crippen LogP contribution in [0.3, 0.4) is 0 Å². The van der Waals surface area contributed by atoms with E-state index in [4.69, 9.17) is 15.5 Å². The van der Waals surface area contributed by atoms with Gasteiger partial charge in [-0.2, -0.15) is 0 Å². The molecular formula is C22H23N7O2. The van der Waals surface area contributed by atoms with Gasteiger partial charge in [-0.15, -0.1) is 0 Å². The summed E-state index contributed by atoms with van der Waals surface area (Å²) in [5.41, 5.74) is 8.70. The molecule has 158 valence electrons. The minimum Gasteiger partial charge on any atom is -0.496 e. The lowest BCUT2D eigenvalue weighted by Gasteiger charge is -2.10. The second-order valence-electron chi connectivity index (χ2n) is 6.94. The molecular weight excluding hydrogens is 394 g/mol. The van der Waals surface area contributed by atoms with Crippen LogP contribution < -0.4 is 21.1 Å². The molecule has 0 aliphatic heterocycles. The van der Waals surface area contributed by atoms with Gasteiger partial charge in [-0.05, 0) is 38.2 Å². The van der Waals surface area contributed by atoms with Crippen LogP contribution in [-0.2, 0) is 0 Å². The highest BCUT2D eigenvalue weighted by molar-refractivity contribution is 6.06. The number of pyridine rings is 1. The van der Waals surface area contributed by atoms with Gasteiger partial charge in [0.05, 0.1) is 18.7 Å². The molecule has 3 aromatic heterocycles. The number of hydrogen-bond acceptors (Lipinski definition) is 7. The fraction of sp³-hybridized carbons (Fsp3) is 0.182. The van der Waals surface area contributed by atoms with Crippen molar-refractivity contribution in [3.63, 3.8) is 0 Å². The number of hydrogen-bond donors (Lipinski definition) is 3. The Hall–Kier alpha value is -3.98. The number of aromatic nitrogens is 4. The molecule has 9 heteroatoms. The van der Waals surface area contributed by atoms with Gasteiger partial charge in [0.1, 0.15) is 34.4 Å². The number of rotatable bonds is 6. The van der Waals surface area contributed by atoms with Gasteiger partial charge in [0.15, 0.2) is 0 Å². The Kier molecular flexibility index (Phi) is 5.50. The lowest BCUT2D eigenvalue weighted by atomic mass is 10.1. The number of fused-ring (bicyclic) bond motifs is 1. The van der Waals surface area contributed by atoms with Crippen LogP contribution in [0.1, 0.15) is 29.1 Å². The number of nitrogens with one attached hydrogen (secondary N) is 2. The SMILES string of the molecule is CN[C@@H](C)c1nc(-c2ccc(C(=O)Nc3ccccn3)c(OC)c2)c2c(N)nccn12. The molecule has 1 amide bonds. The van der Waals surface area contributed by atoms with Gasteiger partial charge in [0, 0.05) is 24.2 Å². The first-order valence-corrected chi connectivity index (χ1v) is 9.74. The maximum absolute atomic E-state index is 12.8. The van der Waals surface area contributed by atoms with Crippen LogP contribution in [0.2, 0.25) is 0 Å². The monoisotopic (exact) mass is 417 g/mol. The zero-order valence-corrected chi connectivity index (χ0v) is 17.5. The first-order valence-electron chi connectivity index (χ1n) is 9.74. The molecule has 9 nitrogen and oxygen atoms in total. The van der Waals surface area contributed by atoms with Crippen molar-refractivity contribution in [3.8, 4) is 17.0 Å². The highest BCUT2D eigenvalue weighted by Gasteiger charge is 2.21. The molecule has 0 aliphatic carbocycles. The number of nitrogens with two attached hydrogens (primary N) is 1. The maximum Gasteiger partial charge on any atom is 0.260 e. The third-order valence-corrected chi connectivity index (χ3v) is 5.06. The number of imidazole rings is 1. The van der Waals surface area contributed by atoms with E-state index in [9.17, 15) is 4.79 Å². The van der Waals surface area contributed by atoms with E-state index in [-0.39, 0.29) is 11.9 Å². The third kappa shape index (κ3) is 3.78. The largest absolute Gasteiger partial charge is 0.496 e. The summed E-state index contributed by atoms with van der Waals surface area (Å²) in [4.78, 5) is 25.9. The molecule has 0 spiro atoms. The molecule has 31 heavy (non-hydrogen) atoms. The van der Waals surface area contributed by atoms with E-state index in [0.29, 0.717) is 34.2 Å². The lowest BCUT2D eigenvalue weighted by Crippen LogP contribution is -2.15. The molecule has 0 unspecified atom stereocenters. The molecule has 1 atom stereocenters. The van der Waals surface area contributed by atoms with Crippen molar-refractivity contribution in [2.24, 2.45) is 0 Å². The van der Waals surface area contributed by atoms with E-state index in [1.165, 1.54) is 7.11 Å². The van der Waals surface area contributed by atoms with Crippen molar-refractivity contribution in [3.05, 3.63) is 66.4 Å². The summed E-state index contributed by atoms with van der Waals surface area (Å²) >= 11 is 0. The van der Waals surface area contributed by atoms with E-state index in [0.717, 1.165) is 11.4 Å². The topological polar surface area (TPSA) is 119 Å². The molecule has 0 saturated heterocycles. The van der Waals surface area contributed by atoms with Gasteiger partial charge in [-0.3, -0.25) is 9.20 Å². The van der Waals surface area contributed by atoms with Gasteiger partial charge in [0.25, 0.3) is 5.91 Å². The number of amides is 1. The minimum absolute atomic E-state index is 0.00614. The zero-order valence-electron chi connectivity index (χ0n) is 17.5. The Morgan fingerprint density at radius 3 is 2.74 bits per heavy atom. The van der Waals surface area contributed by atoms with Crippen LogP contribution in [0.5, 0.6) is 5.75 Å². The first kappa shape index (κ1) is 20.3. The number of nitrogens with zero attached hydrogens (tertiary/aromatic N) is 4. The normalized spacial score (nSPS) is 12.0. The molecule has 0 saturated carbocycles. The van der Waals surface area contributed by atoms with Gasteiger partial charge in [0.2, 0.25) is 0 Å². The second kappa shape index (κ2) is 8.41. The second-order valence-corrected chi connectivity index (χ2v) is 6.94. The summed E-state index contributed by atoms with van der Waals surface area (Å²) in [7, 11) is 3.39. The fourth-order valence-electron chi connectivity index (χ4n) is 3.37. The van der Waals surface area contributed by atoms with Crippen molar-refractivity contribution < 1.29 is 9.53 Å². The lowest BCUT2D eigenvalue weighted by molar-refractivity contribution is 0.102. The number of methoxy groups -OCH3 is 1. The minimum atomic E-state index is -0.317. The van der Waals surface area contributed by atoms with Crippen molar-refractivity contribution >= 4 is 23.1 Å². The maximum atomic E-state index is 12.8. The Morgan fingerprint density at radius 1 is 1.19 bits per heavy atom. The Balaban J connectivity index is 1.78. The first-order chi connectivity index (χ1) is 15.0. The molecule has 3 heterocycles. The summed E-state index contributed by atoms with van der Waals surface area (Å²) in [5.74, 6) is 1.73. The number of ether oxygens (including phenoxy) is 1. The predicted molar refractivity (Wildman–Crippen MR) is 119 cm³/mol. The molecule has 0 aliphatic rings. The van der Waals surface area contributed by atoms with Gasteiger partial charge in [-0.1, -0.05) is 12.1 Å². The van der Waals surface area contributed by atoms with E-state index >= 15 is 0 Å². The van der Waals surface area contributed by atoms with E-state index in [1.807, 2.05) is 30.6 Å². The van der Waals surface area contributed by atoms with Crippen molar-refractivity contribution in [2.75, 3.05) is 25.2 Å². The molecule has 0 radical (unpaired) electrons. The zero-order chi connectivity index (χ0) is 22.0. The van der Waals surface area contributed by atoms with Crippen LogP contribution in [-0.4, -0.2) is 39.4 Å². The van der Waals surface area contributed by atoms with Crippen molar-refractivity contribution in [1.29, 1.82) is 0 Å². The average molecular weight is 417 g/mol. The summed E-state index contributed by atoms with van der Waals surface area (Å²) in [6.45, 7) is 2.01. The summed E-state index contributed by atoms with van der Waals surface area (Å²) < 4.78 is 7.43. The fourth-order valence-corrected chi connectivity index (χ4v) is 3.37. The van der Waals surface area contributed by atoms with Gasteiger partial charge in [-0.25, -0.2) is 15.0 Å². The predicted octanol–water partition coefficient (Wildman–Crippen LogP) is 2.91. The number of benzene rings is 1. The highest BCUT2D eigenvalue weighted by atomic mass is 16.5. The van der Waals surface area contributed by atoms with Crippen molar-refractivity contribution in [2.45, 2.75) is 13.0 Å². The number of carbonyl (C=O) groups excluding carboxylic acids is 1. The van der Waals surface area contributed by atoms with Crippen LogP contribution in [0.4, 0.5) is 11.6 Å². The van der Waals surface area contributed by atoms with Crippen molar-refractivity contribution in [1.82, 2.24) is 24.7 Å². The number of anilines is 2. The van der Waals surface area contributed by atoms with E-state index in [2.05, 4.69) is 20.6 Å². The Bertz CT molecular complexity index is 1240.